The Kier molecular flexibility index (Phi) is 7.57. The molecule has 0 saturated carbocycles. The number of methoxy groups -OCH3 is 1. The third-order valence-corrected chi connectivity index (χ3v) is 6.33. The van der Waals surface area contributed by atoms with Gasteiger partial charge in [0.25, 0.3) is 11.8 Å². The van der Waals surface area contributed by atoms with Crippen LogP contribution in [0.3, 0.4) is 0 Å². The van der Waals surface area contributed by atoms with E-state index in [2.05, 4.69) is 4.90 Å². The van der Waals surface area contributed by atoms with Crippen molar-refractivity contribution < 1.29 is 28.7 Å². The van der Waals surface area contributed by atoms with E-state index in [0.717, 1.165) is 23.6 Å². The summed E-state index contributed by atoms with van der Waals surface area (Å²) in [5.74, 6) is -1.63. The summed E-state index contributed by atoms with van der Waals surface area (Å²) in [4.78, 5) is 56.5. The van der Waals surface area contributed by atoms with Crippen molar-refractivity contribution in [2.24, 2.45) is 0 Å². The van der Waals surface area contributed by atoms with Crippen LogP contribution in [0.25, 0.3) is 0 Å². The fraction of sp³-hybridized carbons (Fsp3) is 0.385. The Morgan fingerprint density at radius 1 is 1.06 bits per heavy atom. The fourth-order valence-corrected chi connectivity index (χ4v) is 4.41. The summed E-state index contributed by atoms with van der Waals surface area (Å²) in [6, 6.07) is 12.4. The van der Waals surface area contributed by atoms with Gasteiger partial charge in [-0.15, -0.1) is 0 Å². The van der Waals surface area contributed by atoms with Gasteiger partial charge in [-0.1, -0.05) is 17.7 Å². The van der Waals surface area contributed by atoms with Crippen molar-refractivity contribution in [3.8, 4) is 0 Å². The van der Waals surface area contributed by atoms with Crippen LogP contribution in [0.5, 0.6) is 0 Å². The molecule has 4 rings (SSSR count). The molecule has 0 N–H and O–H groups in total. The third-order valence-electron chi connectivity index (χ3n) is 6.33. The van der Waals surface area contributed by atoms with Gasteiger partial charge in [-0.05, 0) is 43.3 Å². The van der Waals surface area contributed by atoms with Crippen molar-refractivity contribution in [2.45, 2.75) is 19.4 Å². The number of ether oxygens (including phenoxy) is 2. The second-order valence-electron chi connectivity index (χ2n) is 8.65. The first-order valence-corrected chi connectivity index (χ1v) is 11.6. The quantitative estimate of drug-likeness (QED) is 0.442. The van der Waals surface area contributed by atoms with Crippen molar-refractivity contribution in [3.63, 3.8) is 0 Å². The molecule has 184 valence electrons. The largest absolute Gasteiger partial charge is 0.465 e. The van der Waals surface area contributed by atoms with E-state index in [1.165, 1.54) is 36.3 Å². The fourth-order valence-electron chi connectivity index (χ4n) is 4.41. The van der Waals surface area contributed by atoms with Gasteiger partial charge in [0.15, 0.2) is 0 Å². The predicted octanol–water partition coefficient (Wildman–Crippen LogP) is 1.89. The van der Waals surface area contributed by atoms with Crippen LogP contribution in [-0.2, 0) is 19.1 Å². The van der Waals surface area contributed by atoms with Crippen molar-refractivity contribution in [2.75, 3.05) is 51.4 Å². The third kappa shape index (κ3) is 5.41. The number of aryl methyl sites for hydroxylation is 1. The maximum atomic E-state index is 13.6. The van der Waals surface area contributed by atoms with E-state index in [1.807, 2.05) is 13.0 Å². The number of carbonyl (C=O) groups excluding carboxylic acids is 4. The van der Waals surface area contributed by atoms with Gasteiger partial charge in [0.1, 0.15) is 6.04 Å². The molecular formula is C26H29N3O6. The molecule has 2 saturated heterocycles. The lowest BCUT2D eigenvalue weighted by molar-refractivity contribution is -0.122. The van der Waals surface area contributed by atoms with Gasteiger partial charge < -0.3 is 14.4 Å². The molecule has 1 unspecified atom stereocenters. The number of hydrogen-bond acceptors (Lipinski definition) is 7. The SMILES string of the molecule is COC(=O)c1ccc(N2C(=O)CC(N(CCN3CCOCC3)C(=O)c3cccc(C)c3)C2=O)cc1. The normalized spacial score (nSPS) is 18.6. The number of nitrogens with zero attached hydrogens (tertiary/aromatic N) is 3. The van der Waals surface area contributed by atoms with Crippen LogP contribution >= 0.6 is 0 Å². The topological polar surface area (TPSA) is 96.5 Å². The maximum Gasteiger partial charge on any atom is 0.337 e. The highest BCUT2D eigenvalue weighted by Crippen LogP contribution is 2.27. The van der Waals surface area contributed by atoms with Crippen LogP contribution in [0, 0.1) is 6.92 Å². The lowest BCUT2D eigenvalue weighted by Gasteiger charge is -2.32. The number of morpholine rings is 1. The van der Waals surface area contributed by atoms with Crippen LogP contribution in [-0.4, -0.2) is 86.0 Å². The van der Waals surface area contributed by atoms with Gasteiger partial charge in [-0.2, -0.15) is 0 Å². The number of anilines is 1. The summed E-state index contributed by atoms with van der Waals surface area (Å²) in [5, 5.41) is 0. The molecular weight excluding hydrogens is 450 g/mol. The number of rotatable bonds is 7. The highest BCUT2D eigenvalue weighted by molar-refractivity contribution is 6.23. The van der Waals surface area contributed by atoms with Crippen molar-refractivity contribution in [1.82, 2.24) is 9.80 Å². The van der Waals surface area contributed by atoms with E-state index < -0.39 is 17.9 Å². The molecule has 0 bridgehead atoms. The Labute approximate surface area is 204 Å². The molecule has 0 spiro atoms. The number of hydrogen-bond donors (Lipinski definition) is 0. The Bertz CT molecular complexity index is 1110. The molecule has 2 heterocycles. The van der Waals surface area contributed by atoms with Crippen LogP contribution < -0.4 is 4.90 Å². The molecule has 2 aliphatic rings. The zero-order chi connectivity index (χ0) is 24.9. The molecule has 2 fully saturated rings. The minimum absolute atomic E-state index is 0.0990. The first-order chi connectivity index (χ1) is 16.9. The summed E-state index contributed by atoms with van der Waals surface area (Å²) >= 11 is 0. The zero-order valence-electron chi connectivity index (χ0n) is 19.9. The molecule has 0 radical (unpaired) electrons. The molecule has 0 aliphatic carbocycles. The summed E-state index contributed by atoms with van der Waals surface area (Å²) in [7, 11) is 1.28. The van der Waals surface area contributed by atoms with Gasteiger partial charge >= 0.3 is 5.97 Å². The van der Waals surface area contributed by atoms with Crippen LogP contribution in [0.1, 0.15) is 32.7 Å². The van der Waals surface area contributed by atoms with E-state index >= 15 is 0 Å². The maximum absolute atomic E-state index is 13.6. The minimum Gasteiger partial charge on any atom is -0.465 e. The van der Waals surface area contributed by atoms with E-state index in [0.29, 0.717) is 43.1 Å². The summed E-state index contributed by atoms with van der Waals surface area (Å²) < 4.78 is 10.1. The van der Waals surface area contributed by atoms with Gasteiger partial charge in [0.05, 0.1) is 38.0 Å². The van der Waals surface area contributed by atoms with E-state index in [9.17, 15) is 19.2 Å². The summed E-state index contributed by atoms with van der Waals surface area (Å²) in [6.07, 6.45) is -0.0990. The first-order valence-electron chi connectivity index (χ1n) is 11.6. The molecule has 9 nitrogen and oxygen atoms in total. The smallest absolute Gasteiger partial charge is 0.337 e. The Balaban J connectivity index is 1.58. The van der Waals surface area contributed by atoms with E-state index in [-0.39, 0.29) is 18.2 Å². The second kappa shape index (κ2) is 10.8. The van der Waals surface area contributed by atoms with E-state index in [1.54, 1.807) is 18.2 Å². The monoisotopic (exact) mass is 479 g/mol. The Morgan fingerprint density at radius 3 is 2.43 bits per heavy atom. The number of carbonyl (C=O) groups is 4. The van der Waals surface area contributed by atoms with Crippen LogP contribution in [0.4, 0.5) is 5.69 Å². The molecule has 1 atom stereocenters. The Morgan fingerprint density at radius 2 is 1.77 bits per heavy atom. The first kappa shape index (κ1) is 24.6. The van der Waals surface area contributed by atoms with Crippen LogP contribution in [0.2, 0.25) is 0 Å². The number of benzene rings is 2. The standard InChI is InChI=1S/C26H29N3O6/c1-18-4-3-5-20(16-18)24(31)28(11-10-27-12-14-35-15-13-27)22-17-23(30)29(25(22)32)21-8-6-19(7-9-21)26(33)34-2/h3-9,16,22H,10-15,17H2,1-2H3. The molecule has 2 aliphatic heterocycles. The molecule has 9 heteroatoms. The van der Waals surface area contributed by atoms with Crippen molar-refractivity contribution in [1.29, 1.82) is 0 Å². The minimum atomic E-state index is -0.906. The highest BCUT2D eigenvalue weighted by Gasteiger charge is 2.44. The molecule has 0 aromatic heterocycles. The molecule has 35 heavy (non-hydrogen) atoms. The highest BCUT2D eigenvalue weighted by atomic mass is 16.5. The van der Waals surface area contributed by atoms with Gasteiger partial charge in [-0.3, -0.25) is 19.3 Å². The number of esters is 1. The van der Waals surface area contributed by atoms with Gasteiger partial charge in [-0.25, -0.2) is 9.69 Å². The number of amides is 3. The molecule has 2 aromatic carbocycles. The lowest BCUT2D eigenvalue weighted by atomic mass is 10.1. The number of imide groups is 1. The lowest BCUT2D eigenvalue weighted by Crippen LogP contribution is -2.49. The van der Waals surface area contributed by atoms with E-state index in [4.69, 9.17) is 9.47 Å². The van der Waals surface area contributed by atoms with Gasteiger partial charge in [0.2, 0.25) is 5.91 Å². The predicted molar refractivity (Wildman–Crippen MR) is 128 cm³/mol. The van der Waals surface area contributed by atoms with Crippen molar-refractivity contribution in [3.05, 3.63) is 65.2 Å². The van der Waals surface area contributed by atoms with Crippen LogP contribution in [0.15, 0.2) is 48.5 Å². The average molecular weight is 480 g/mol. The zero-order valence-corrected chi connectivity index (χ0v) is 19.9. The second-order valence-corrected chi connectivity index (χ2v) is 8.65. The molecule has 3 amide bonds. The van der Waals surface area contributed by atoms with Crippen molar-refractivity contribution >= 4 is 29.4 Å². The average Bonchev–Trinajstić information content (AvgIpc) is 3.17. The Hall–Kier alpha value is -3.56. The molecule has 2 aromatic rings. The van der Waals surface area contributed by atoms with Gasteiger partial charge in [0, 0.05) is 31.7 Å². The summed E-state index contributed by atoms with van der Waals surface area (Å²) in [6.45, 7) is 5.55. The summed E-state index contributed by atoms with van der Waals surface area (Å²) in [5.41, 5.74) is 2.08.